The van der Waals surface area contributed by atoms with E-state index in [1.54, 1.807) is 6.20 Å². The normalized spacial score (nSPS) is 10.6. The van der Waals surface area contributed by atoms with Crippen LogP contribution in [0.15, 0.2) is 34.9 Å². The van der Waals surface area contributed by atoms with E-state index in [4.69, 9.17) is 0 Å². The van der Waals surface area contributed by atoms with Gasteiger partial charge in [0.15, 0.2) is 0 Å². The predicted molar refractivity (Wildman–Crippen MR) is 68.5 cm³/mol. The number of pyridine rings is 1. The molecule has 0 amide bonds. The van der Waals surface area contributed by atoms with E-state index in [0.717, 1.165) is 21.1 Å². The first kappa shape index (κ1) is 11.3. The molecule has 0 saturated heterocycles. The summed E-state index contributed by atoms with van der Waals surface area (Å²) in [6.07, 6.45) is 2.29. The van der Waals surface area contributed by atoms with Crippen LogP contribution in [0.2, 0.25) is 0 Å². The molecule has 0 bridgehead atoms. The fourth-order valence-corrected chi connectivity index (χ4v) is 1.92. The molecule has 0 atom stereocenters. The summed E-state index contributed by atoms with van der Waals surface area (Å²) in [5, 5.41) is 4.26. The number of nitrogens with one attached hydrogen (secondary N) is 1. The molecule has 0 aliphatic heterocycles. The number of benzene rings is 1. The number of hydrogen-bond acceptors (Lipinski definition) is 2. The molecule has 0 spiro atoms. The number of anilines is 1. The largest absolute Gasteiger partial charge is 0.383 e. The number of halogens is 2. The average molecular weight is 283 g/mol. The minimum atomic E-state index is -0.295. The van der Waals surface area contributed by atoms with Gasteiger partial charge in [-0.15, -0.1) is 0 Å². The van der Waals surface area contributed by atoms with E-state index in [1.165, 1.54) is 0 Å². The molecule has 1 N–H and O–H groups in total. The van der Waals surface area contributed by atoms with Crippen LogP contribution in [0.4, 0.5) is 10.1 Å². The van der Waals surface area contributed by atoms with E-state index in [2.05, 4.69) is 26.2 Å². The number of nitrogens with zero attached hydrogens (tertiary/aromatic N) is 1. The maximum atomic E-state index is 12.0. The minimum Gasteiger partial charge on any atom is -0.383 e. The quantitative estimate of drug-likeness (QED) is 0.864. The predicted octanol–water partition coefficient (Wildman–Crippen LogP) is 3.77. The zero-order valence-corrected chi connectivity index (χ0v) is 10.3. The SMILES string of the molecule is FCCCNc1cccc2cc(Br)cnc12. The molecule has 0 fully saturated rings. The molecule has 2 aromatic rings. The number of para-hydroxylation sites is 1. The van der Waals surface area contributed by atoms with Gasteiger partial charge in [0, 0.05) is 22.6 Å². The van der Waals surface area contributed by atoms with Crippen molar-refractivity contribution in [3.8, 4) is 0 Å². The number of aromatic nitrogens is 1. The molecule has 0 radical (unpaired) electrons. The minimum absolute atomic E-state index is 0.295. The summed E-state index contributed by atoms with van der Waals surface area (Å²) in [5.41, 5.74) is 1.88. The van der Waals surface area contributed by atoms with Gasteiger partial charge in [-0.3, -0.25) is 9.37 Å². The highest BCUT2D eigenvalue weighted by Gasteiger charge is 2.01. The highest BCUT2D eigenvalue weighted by molar-refractivity contribution is 9.10. The Balaban J connectivity index is 2.30. The van der Waals surface area contributed by atoms with Gasteiger partial charge in [0.2, 0.25) is 0 Å². The van der Waals surface area contributed by atoms with Crippen molar-refractivity contribution in [1.29, 1.82) is 0 Å². The van der Waals surface area contributed by atoms with Crippen molar-refractivity contribution in [1.82, 2.24) is 4.98 Å². The van der Waals surface area contributed by atoms with Crippen LogP contribution < -0.4 is 5.32 Å². The molecule has 0 aliphatic rings. The van der Waals surface area contributed by atoms with Crippen LogP contribution in [0.5, 0.6) is 0 Å². The van der Waals surface area contributed by atoms with Gasteiger partial charge < -0.3 is 5.32 Å². The lowest BCUT2D eigenvalue weighted by atomic mass is 10.2. The van der Waals surface area contributed by atoms with E-state index >= 15 is 0 Å². The van der Waals surface area contributed by atoms with E-state index < -0.39 is 0 Å². The first-order chi connectivity index (χ1) is 7.81. The fourth-order valence-electron chi connectivity index (χ4n) is 1.57. The monoisotopic (exact) mass is 282 g/mol. The molecular formula is C12H12BrFN2. The van der Waals surface area contributed by atoms with Gasteiger partial charge in [-0.1, -0.05) is 12.1 Å². The zero-order chi connectivity index (χ0) is 11.4. The van der Waals surface area contributed by atoms with E-state index in [9.17, 15) is 4.39 Å². The fraction of sp³-hybridized carbons (Fsp3) is 0.250. The van der Waals surface area contributed by atoms with Crippen LogP contribution in [0.3, 0.4) is 0 Å². The molecule has 1 aromatic carbocycles. The summed E-state index contributed by atoms with van der Waals surface area (Å²) in [4.78, 5) is 4.36. The summed E-state index contributed by atoms with van der Waals surface area (Å²) in [6.45, 7) is 0.337. The van der Waals surface area contributed by atoms with Crippen molar-refractivity contribution in [2.45, 2.75) is 6.42 Å². The van der Waals surface area contributed by atoms with Crippen molar-refractivity contribution in [3.05, 3.63) is 34.9 Å². The number of rotatable bonds is 4. The van der Waals surface area contributed by atoms with Gasteiger partial charge in [0.05, 0.1) is 17.9 Å². The maximum Gasteiger partial charge on any atom is 0.0934 e. The second-order valence-electron chi connectivity index (χ2n) is 3.50. The van der Waals surface area contributed by atoms with Crippen LogP contribution in [0.1, 0.15) is 6.42 Å². The van der Waals surface area contributed by atoms with Crippen molar-refractivity contribution >= 4 is 32.5 Å². The number of alkyl halides is 1. The van der Waals surface area contributed by atoms with Gasteiger partial charge in [-0.2, -0.15) is 0 Å². The standard InChI is InChI=1S/C12H12BrFN2/c13-10-7-9-3-1-4-11(12(9)16-8-10)15-6-2-5-14/h1,3-4,7-8,15H,2,5-6H2. The molecule has 0 saturated carbocycles. The lowest BCUT2D eigenvalue weighted by molar-refractivity contribution is 0.481. The molecule has 0 unspecified atom stereocenters. The van der Waals surface area contributed by atoms with Gasteiger partial charge in [-0.05, 0) is 34.5 Å². The summed E-state index contributed by atoms with van der Waals surface area (Å²) in [5.74, 6) is 0. The lowest BCUT2D eigenvalue weighted by Crippen LogP contribution is -2.03. The molecule has 1 heterocycles. The Morgan fingerprint density at radius 1 is 1.38 bits per heavy atom. The smallest absolute Gasteiger partial charge is 0.0934 e. The van der Waals surface area contributed by atoms with E-state index in [0.29, 0.717) is 13.0 Å². The van der Waals surface area contributed by atoms with Crippen molar-refractivity contribution in [3.63, 3.8) is 0 Å². The Morgan fingerprint density at radius 3 is 3.06 bits per heavy atom. The molecule has 84 valence electrons. The Bertz CT molecular complexity index is 487. The summed E-state index contributed by atoms with van der Waals surface area (Å²) in [7, 11) is 0. The Labute approximate surface area is 102 Å². The van der Waals surface area contributed by atoms with Crippen LogP contribution >= 0.6 is 15.9 Å². The van der Waals surface area contributed by atoms with Gasteiger partial charge in [0.25, 0.3) is 0 Å². The molecular weight excluding hydrogens is 271 g/mol. The van der Waals surface area contributed by atoms with Gasteiger partial charge >= 0.3 is 0 Å². The Hall–Kier alpha value is -1.16. The summed E-state index contributed by atoms with van der Waals surface area (Å²) in [6, 6.07) is 7.95. The third-order valence-electron chi connectivity index (χ3n) is 2.30. The van der Waals surface area contributed by atoms with Crippen LogP contribution in [0.25, 0.3) is 10.9 Å². The third-order valence-corrected chi connectivity index (χ3v) is 2.74. The Morgan fingerprint density at radius 2 is 2.25 bits per heavy atom. The van der Waals surface area contributed by atoms with Gasteiger partial charge in [-0.25, -0.2) is 0 Å². The zero-order valence-electron chi connectivity index (χ0n) is 8.71. The number of hydrogen-bond donors (Lipinski definition) is 1. The molecule has 2 nitrogen and oxygen atoms in total. The second kappa shape index (κ2) is 5.25. The van der Waals surface area contributed by atoms with Gasteiger partial charge in [0.1, 0.15) is 0 Å². The Kier molecular flexibility index (Phi) is 3.72. The van der Waals surface area contributed by atoms with Crippen LogP contribution in [0, 0.1) is 0 Å². The van der Waals surface area contributed by atoms with Crippen LogP contribution in [-0.2, 0) is 0 Å². The molecule has 1 aromatic heterocycles. The maximum absolute atomic E-state index is 12.0. The first-order valence-electron chi connectivity index (χ1n) is 5.15. The summed E-state index contributed by atoms with van der Waals surface area (Å²) >= 11 is 3.39. The second-order valence-corrected chi connectivity index (χ2v) is 4.42. The third kappa shape index (κ3) is 2.50. The first-order valence-corrected chi connectivity index (χ1v) is 5.94. The highest BCUT2D eigenvalue weighted by Crippen LogP contribution is 2.23. The molecule has 4 heteroatoms. The molecule has 2 rings (SSSR count). The number of fused-ring (bicyclic) bond motifs is 1. The van der Waals surface area contributed by atoms with E-state index in [1.807, 2.05) is 24.3 Å². The van der Waals surface area contributed by atoms with Crippen molar-refractivity contribution in [2.24, 2.45) is 0 Å². The van der Waals surface area contributed by atoms with Crippen LogP contribution in [-0.4, -0.2) is 18.2 Å². The summed E-state index contributed by atoms with van der Waals surface area (Å²) < 4.78 is 13.0. The molecule has 16 heavy (non-hydrogen) atoms. The topological polar surface area (TPSA) is 24.9 Å². The van der Waals surface area contributed by atoms with Crippen molar-refractivity contribution < 1.29 is 4.39 Å². The highest BCUT2D eigenvalue weighted by atomic mass is 79.9. The van der Waals surface area contributed by atoms with E-state index in [-0.39, 0.29) is 6.67 Å². The molecule has 0 aliphatic carbocycles. The lowest BCUT2D eigenvalue weighted by Gasteiger charge is -2.08. The average Bonchev–Trinajstić information content (AvgIpc) is 2.29. The van der Waals surface area contributed by atoms with Crippen molar-refractivity contribution in [2.75, 3.05) is 18.5 Å².